The molecule has 0 aliphatic rings. The molecule has 3 aromatic carbocycles. The van der Waals surface area contributed by atoms with Crippen molar-refractivity contribution in [2.45, 2.75) is 13.8 Å². The van der Waals surface area contributed by atoms with E-state index in [9.17, 15) is 5.11 Å². The molecule has 0 amide bonds. The Kier molecular flexibility index (Phi) is 4.05. The predicted molar refractivity (Wildman–Crippen MR) is 106 cm³/mol. The zero-order valence-corrected chi connectivity index (χ0v) is 14.8. The van der Waals surface area contributed by atoms with Crippen LogP contribution in [0.5, 0.6) is 5.75 Å². The molecule has 0 bridgehead atoms. The lowest BCUT2D eigenvalue weighted by Crippen LogP contribution is -2.00. The van der Waals surface area contributed by atoms with E-state index >= 15 is 0 Å². The molecule has 0 unspecified atom stereocenters. The number of hydrogen-bond acceptors (Lipinski definition) is 2. The van der Waals surface area contributed by atoms with Gasteiger partial charge in [0.2, 0.25) is 0 Å². The van der Waals surface area contributed by atoms with E-state index in [0.717, 1.165) is 22.4 Å². The SMILES string of the molecule is Cc1ccc(-n2nc(-c3ccccc3)c(O)c2-c2ccccc2C)cc1. The van der Waals surface area contributed by atoms with Crippen molar-refractivity contribution in [1.29, 1.82) is 0 Å². The summed E-state index contributed by atoms with van der Waals surface area (Å²) in [6.45, 7) is 4.10. The summed E-state index contributed by atoms with van der Waals surface area (Å²) in [5, 5.41) is 15.8. The van der Waals surface area contributed by atoms with Gasteiger partial charge in [0.1, 0.15) is 11.4 Å². The molecule has 1 N–H and O–H groups in total. The first-order valence-corrected chi connectivity index (χ1v) is 8.65. The van der Waals surface area contributed by atoms with Gasteiger partial charge in [-0.1, -0.05) is 72.3 Å². The highest BCUT2D eigenvalue weighted by Crippen LogP contribution is 2.40. The summed E-state index contributed by atoms with van der Waals surface area (Å²) in [6.07, 6.45) is 0. The molecule has 128 valence electrons. The summed E-state index contributed by atoms with van der Waals surface area (Å²) in [7, 11) is 0. The van der Waals surface area contributed by atoms with Gasteiger partial charge in [0.25, 0.3) is 0 Å². The maximum Gasteiger partial charge on any atom is 0.170 e. The third-order valence-corrected chi connectivity index (χ3v) is 4.59. The van der Waals surface area contributed by atoms with Crippen LogP contribution in [-0.4, -0.2) is 14.9 Å². The van der Waals surface area contributed by atoms with Crippen molar-refractivity contribution in [2.24, 2.45) is 0 Å². The number of benzene rings is 3. The van der Waals surface area contributed by atoms with Gasteiger partial charge in [-0.25, -0.2) is 4.68 Å². The maximum absolute atomic E-state index is 11.1. The monoisotopic (exact) mass is 340 g/mol. The van der Waals surface area contributed by atoms with Crippen molar-refractivity contribution >= 4 is 0 Å². The van der Waals surface area contributed by atoms with Gasteiger partial charge in [-0.15, -0.1) is 0 Å². The lowest BCUT2D eigenvalue weighted by molar-refractivity contribution is 0.479. The van der Waals surface area contributed by atoms with E-state index in [0.29, 0.717) is 11.4 Å². The first-order valence-electron chi connectivity index (χ1n) is 8.65. The molecule has 4 aromatic rings. The average Bonchev–Trinajstić information content (AvgIpc) is 3.01. The van der Waals surface area contributed by atoms with E-state index < -0.39 is 0 Å². The highest BCUT2D eigenvalue weighted by Gasteiger charge is 2.22. The van der Waals surface area contributed by atoms with Crippen LogP contribution in [0, 0.1) is 13.8 Å². The number of aromatic nitrogens is 2. The Morgan fingerprint density at radius 1 is 0.769 bits per heavy atom. The van der Waals surface area contributed by atoms with Gasteiger partial charge in [0.15, 0.2) is 5.75 Å². The molecule has 26 heavy (non-hydrogen) atoms. The molecule has 0 spiro atoms. The molecule has 0 atom stereocenters. The van der Waals surface area contributed by atoms with Crippen molar-refractivity contribution in [3.63, 3.8) is 0 Å². The van der Waals surface area contributed by atoms with Crippen LogP contribution in [-0.2, 0) is 0 Å². The summed E-state index contributed by atoms with van der Waals surface area (Å²) in [4.78, 5) is 0. The second-order valence-electron chi connectivity index (χ2n) is 6.47. The van der Waals surface area contributed by atoms with Crippen LogP contribution in [0.3, 0.4) is 0 Å². The Bertz CT molecular complexity index is 1050. The third-order valence-electron chi connectivity index (χ3n) is 4.59. The Hall–Kier alpha value is -3.33. The van der Waals surface area contributed by atoms with Crippen LogP contribution in [0.15, 0.2) is 78.9 Å². The van der Waals surface area contributed by atoms with E-state index in [-0.39, 0.29) is 5.75 Å². The normalized spacial score (nSPS) is 10.8. The standard InChI is InChI=1S/C23H20N2O/c1-16-12-14-19(15-13-16)25-22(20-11-7-6-8-17(20)2)23(26)21(24-25)18-9-4-3-5-10-18/h3-15,26H,1-2H3. The van der Waals surface area contributed by atoms with E-state index in [2.05, 4.69) is 19.1 Å². The highest BCUT2D eigenvalue weighted by atomic mass is 16.3. The molecule has 4 rings (SSSR count). The largest absolute Gasteiger partial charge is 0.504 e. The summed E-state index contributed by atoms with van der Waals surface area (Å²) < 4.78 is 1.83. The lowest BCUT2D eigenvalue weighted by atomic mass is 10.0. The molecule has 0 saturated heterocycles. The molecule has 0 aliphatic heterocycles. The maximum atomic E-state index is 11.1. The van der Waals surface area contributed by atoms with Gasteiger partial charge in [0.05, 0.1) is 5.69 Å². The van der Waals surface area contributed by atoms with Gasteiger partial charge >= 0.3 is 0 Å². The summed E-state index contributed by atoms with van der Waals surface area (Å²) in [5.41, 5.74) is 6.37. The van der Waals surface area contributed by atoms with Crippen molar-refractivity contribution in [1.82, 2.24) is 9.78 Å². The minimum absolute atomic E-state index is 0.200. The van der Waals surface area contributed by atoms with E-state index in [1.54, 1.807) is 0 Å². The Morgan fingerprint density at radius 2 is 1.42 bits per heavy atom. The summed E-state index contributed by atoms with van der Waals surface area (Å²) >= 11 is 0. The zero-order chi connectivity index (χ0) is 18.1. The van der Waals surface area contributed by atoms with Crippen molar-refractivity contribution in [3.05, 3.63) is 90.0 Å². The average molecular weight is 340 g/mol. The Balaban J connectivity index is 2.00. The van der Waals surface area contributed by atoms with Crippen LogP contribution in [0.4, 0.5) is 0 Å². The van der Waals surface area contributed by atoms with Crippen molar-refractivity contribution in [3.8, 4) is 34.0 Å². The van der Waals surface area contributed by atoms with Crippen LogP contribution in [0.1, 0.15) is 11.1 Å². The lowest BCUT2D eigenvalue weighted by Gasteiger charge is -2.10. The minimum Gasteiger partial charge on any atom is -0.504 e. The van der Waals surface area contributed by atoms with Gasteiger partial charge in [-0.05, 0) is 31.5 Å². The molecular weight excluding hydrogens is 320 g/mol. The molecular formula is C23H20N2O. The smallest absolute Gasteiger partial charge is 0.170 e. The molecule has 3 heteroatoms. The van der Waals surface area contributed by atoms with E-state index in [1.807, 2.05) is 78.3 Å². The van der Waals surface area contributed by atoms with Gasteiger partial charge in [-0.3, -0.25) is 0 Å². The number of hydrogen-bond donors (Lipinski definition) is 1. The number of nitrogens with zero attached hydrogens (tertiary/aromatic N) is 2. The summed E-state index contributed by atoms with van der Waals surface area (Å²) in [5.74, 6) is 0.200. The Labute approximate surface area is 153 Å². The van der Waals surface area contributed by atoms with Crippen molar-refractivity contribution in [2.75, 3.05) is 0 Å². The Morgan fingerprint density at radius 3 is 2.12 bits per heavy atom. The fraction of sp³-hybridized carbons (Fsp3) is 0.0870. The molecule has 1 aromatic heterocycles. The third kappa shape index (κ3) is 2.78. The topological polar surface area (TPSA) is 38.0 Å². The quantitative estimate of drug-likeness (QED) is 0.532. The molecule has 3 nitrogen and oxygen atoms in total. The number of rotatable bonds is 3. The first kappa shape index (κ1) is 16.2. The highest BCUT2D eigenvalue weighted by molar-refractivity contribution is 5.80. The van der Waals surface area contributed by atoms with Gasteiger partial charge in [-0.2, -0.15) is 5.10 Å². The van der Waals surface area contributed by atoms with Gasteiger partial charge < -0.3 is 5.11 Å². The van der Waals surface area contributed by atoms with Gasteiger partial charge in [0, 0.05) is 11.1 Å². The number of aryl methyl sites for hydroxylation is 2. The first-order chi connectivity index (χ1) is 12.6. The number of aromatic hydroxyl groups is 1. The van der Waals surface area contributed by atoms with E-state index in [4.69, 9.17) is 5.10 Å². The van der Waals surface area contributed by atoms with Crippen LogP contribution in [0.25, 0.3) is 28.2 Å². The van der Waals surface area contributed by atoms with E-state index in [1.165, 1.54) is 5.56 Å². The second-order valence-corrected chi connectivity index (χ2v) is 6.47. The molecule has 0 fully saturated rings. The zero-order valence-electron chi connectivity index (χ0n) is 14.8. The molecule has 0 aliphatic carbocycles. The minimum atomic E-state index is 0.200. The van der Waals surface area contributed by atoms with Crippen molar-refractivity contribution < 1.29 is 5.11 Å². The predicted octanol–water partition coefficient (Wildman–Crippen LogP) is 5.53. The van der Waals surface area contributed by atoms with Crippen LogP contribution in [0.2, 0.25) is 0 Å². The van der Waals surface area contributed by atoms with Crippen LogP contribution >= 0.6 is 0 Å². The molecule has 0 saturated carbocycles. The molecule has 1 heterocycles. The van der Waals surface area contributed by atoms with Crippen LogP contribution < -0.4 is 0 Å². The second kappa shape index (κ2) is 6.52. The molecule has 0 radical (unpaired) electrons. The summed E-state index contributed by atoms with van der Waals surface area (Å²) in [6, 6.07) is 26.0. The fourth-order valence-corrected chi connectivity index (χ4v) is 3.15. The fourth-order valence-electron chi connectivity index (χ4n) is 3.15.